The van der Waals surface area contributed by atoms with Crippen LogP contribution in [0, 0.1) is 0 Å². The summed E-state index contributed by atoms with van der Waals surface area (Å²) in [4.78, 5) is 22.1. The molecule has 1 rings (SSSR count). The van der Waals surface area contributed by atoms with Gasteiger partial charge < -0.3 is 4.74 Å². The number of hydrogen-bond acceptors (Lipinski definition) is 3. The van der Waals surface area contributed by atoms with Crippen LogP contribution in [-0.2, 0) is 4.79 Å². The molecule has 78 valence electrons. The molecular weight excluding hydrogens is 192 g/mol. The van der Waals surface area contributed by atoms with Crippen LogP contribution in [0.3, 0.4) is 0 Å². The van der Waals surface area contributed by atoms with E-state index in [1.807, 2.05) is 0 Å². The Bertz CT molecular complexity index is 419. The molecule has 0 bridgehead atoms. The van der Waals surface area contributed by atoms with E-state index in [-0.39, 0.29) is 5.78 Å². The number of carbonyl (C=O) groups is 2. The lowest BCUT2D eigenvalue weighted by molar-refractivity contribution is -0.131. The maximum absolute atomic E-state index is 11.3. The Kier molecular flexibility index (Phi) is 3.39. The van der Waals surface area contributed by atoms with E-state index in [1.165, 1.54) is 13.8 Å². The fraction of sp³-hybridized carbons (Fsp3) is 0.167. The lowest BCUT2D eigenvalue weighted by Gasteiger charge is -2.06. The summed E-state index contributed by atoms with van der Waals surface area (Å²) >= 11 is 0. The molecule has 15 heavy (non-hydrogen) atoms. The molecule has 1 aromatic carbocycles. The van der Waals surface area contributed by atoms with E-state index >= 15 is 0 Å². The number of ketones is 1. The molecule has 0 spiro atoms. The van der Waals surface area contributed by atoms with Crippen molar-refractivity contribution in [2.24, 2.45) is 0 Å². The highest BCUT2D eigenvalue weighted by Gasteiger charge is 2.10. The highest BCUT2D eigenvalue weighted by atomic mass is 16.5. The maximum atomic E-state index is 11.3. The molecule has 0 saturated carbocycles. The van der Waals surface area contributed by atoms with E-state index in [1.54, 1.807) is 24.3 Å². The molecule has 0 unspecified atom stereocenters. The van der Waals surface area contributed by atoms with Crippen molar-refractivity contribution in [2.45, 2.75) is 13.8 Å². The predicted octanol–water partition coefficient (Wildman–Crippen LogP) is 2.46. The van der Waals surface area contributed by atoms with Gasteiger partial charge in [-0.1, -0.05) is 18.7 Å². The third-order valence-electron chi connectivity index (χ3n) is 1.87. The molecule has 1 aromatic rings. The van der Waals surface area contributed by atoms with Crippen molar-refractivity contribution in [1.82, 2.24) is 0 Å². The van der Waals surface area contributed by atoms with Gasteiger partial charge in [-0.2, -0.15) is 0 Å². The minimum atomic E-state index is -0.441. The number of Topliss-reactive ketones (excluding diaryl/α,β-unsaturated/α-hetero) is 1. The minimum absolute atomic E-state index is 0.144. The monoisotopic (exact) mass is 204 g/mol. The molecule has 0 aliphatic carbocycles. The van der Waals surface area contributed by atoms with Gasteiger partial charge in [0, 0.05) is 6.92 Å². The molecule has 0 radical (unpaired) electrons. The van der Waals surface area contributed by atoms with Gasteiger partial charge in [0.05, 0.1) is 5.56 Å². The van der Waals surface area contributed by atoms with E-state index in [9.17, 15) is 9.59 Å². The van der Waals surface area contributed by atoms with E-state index in [0.29, 0.717) is 11.3 Å². The summed E-state index contributed by atoms with van der Waals surface area (Å²) in [6.45, 7) is 6.33. The molecule has 0 saturated heterocycles. The van der Waals surface area contributed by atoms with Gasteiger partial charge in [0.25, 0.3) is 0 Å². The molecule has 3 heteroatoms. The molecule has 0 N–H and O–H groups in total. The second-order valence-electron chi connectivity index (χ2n) is 3.11. The average Bonchev–Trinajstić information content (AvgIpc) is 2.17. The van der Waals surface area contributed by atoms with Gasteiger partial charge in [0.2, 0.25) is 0 Å². The summed E-state index contributed by atoms with van der Waals surface area (Å²) in [5.41, 5.74) is 1.21. The quantitative estimate of drug-likeness (QED) is 0.431. The van der Waals surface area contributed by atoms with Crippen molar-refractivity contribution >= 4 is 17.8 Å². The van der Waals surface area contributed by atoms with Crippen LogP contribution >= 0.6 is 0 Å². The first-order valence-corrected chi connectivity index (χ1v) is 4.50. The molecule has 0 amide bonds. The van der Waals surface area contributed by atoms with Crippen LogP contribution in [0.5, 0.6) is 5.75 Å². The second-order valence-corrected chi connectivity index (χ2v) is 3.11. The fourth-order valence-corrected chi connectivity index (χ4v) is 1.19. The largest absolute Gasteiger partial charge is 0.426 e. The third-order valence-corrected chi connectivity index (χ3v) is 1.87. The Morgan fingerprint density at radius 1 is 1.33 bits per heavy atom. The molecular formula is C12H12O3. The minimum Gasteiger partial charge on any atom is -0.426 e. The smallest absolute Gasteiger partial charge is 0.308 e. The van der Waals surface area contributed by atoms with Gasteiger partial charge >= 0.3 is 5.97 Å². The van der Waals surface area contributed by atoms with E-state index in [0.717, 1.165) is 5.56 Å². The Balaban J connectivity index is 3.20. The van der Waals surface area contributed by atoms with Gasteiger partial charge in [-0.15, -0.1) is 0 Å². The summed E-state index contributed by atoms with van der Waals surface area (Å²) in [5.74, 6) is -0.292. The van der Waals surface area contributed by atoms with Crippen molar-refractivity contribution in [1.29, 1.82) is 0 Å². The lowest BCUT2D eigenvalue weighted by atomic mass is 10.1. The topological polar surface area (TPSA) is 43.4 Å². The maximum Gasteiger partial charge on any atom is 0.308 e. The van der Waals surface area contributed by atoms with E-state index < -0.39 is 5.97 Å². The zero-order valence-electron chi connectivity index (χ0n) is 8.74. The summed E-state index contributed by atoms with van der Waals surface area (Å²) in [7, 11) is 0. The molecule has 0 atom stereocenters. The Morgan fingerprint density at radius 2 is 2.00 bits per heavy atom. The molecule has 0 heterocycles. The highest BCUT2D eigenvalue weighted by molar-refractivity contribution is 5.98. The number of benzene rings is 1. The first kappa shape index (κ1) is 11.2. The lowest BCUT2D eigenvalue weighted by Crippen LogP contribution is -2.06. The Hall–Kier alpha value is -1.90. The standard InChI is InChI=1S/C12H12O3/c1-4-10-5-6-12(15-9(3)14)11(7-10)8(2)13/h4-7H,1H2,2-3H3. The van der Waals surface area contributed by atoms with Gasteiger partial charge in [0.15, 0.2) is 5.78 Å². The Labute approximate surface area is 88.4 Å². The summed E-state index contributed by atoms with van der Waals surface area (Å²) in [6.07, 6.45) is 1.63. The molecule has 0 aliphatic rings. The van der Waals surface area contributed by atoms with Crippen molar-refractivity contribution in [3.05, 3.63) is 35.9 Å². The number of esters is 1. The molecule has 3 nitrogen and oxygen atoms in total. The van der Waals surface area contributed by atoms with Gasteiger partial charge in [-0.3, -0.25) is 9.59 Å². The predicted molar refractivity (Wildman–Crippen MR) is 57.8 cm³/mol. The van der Waals surface area contributed by atoms with E-state index in [4.69, 9.17) is 4.74 Å². The highest BCUT2D eigenvalue weighted by Crippen LogP contribution is 2.21. The van der Waals surface area contributed by atoms with Crippen LogP contribution in [-0.4, -0.2) is 11.8 Å². The van der Waals surface area contributed by atoms with Crippen molar-refractivity contribution < 1.29 is 14.3 Å². The van der Waals surface area contributed by atoms with Crippen LogP contribution < -0.4 is 4.74 Å². The summed E-state index contributed by atoms with van der Waals surface area (Å²) in [5, 5.41) is 0. The van der Waals surface area contributed by atoms with Crippen LogP contribution in [0.25, 0.3) is 6.08 Å². The fourth-order valence-electron chi connectivity index (χ4n) is 1.19. The molecule has 0 fully saturated rings. The van der Waals surface area contributed by atoms with Gasteiger partial charge in [-0.25, -0.2) is 0 Å². The van der Waals surface area contributed by atoms with Gasteiger partial charge in [0.1, 0.15) is 5.75 Å². The number of ether oxygens (including phenoxy) is 1. The normalized spacial score (nSPS) is 9.47. The first-order chi connectivity index (χ1) is 7.04. The number of carbonyl (C=O) groups excluding carboxylic acids is 2. The molecule has 0 aromatic heterocycles. The second kappa shape index (κ2) is 4.55. The van der Waals surface area contributed by atoms with Crippen LogP contribution in [0.2, 0.25) is 0 Å². The number of rotatable bonds is 3. The first-order valence-electron chi connectivity index (χ1n) is 4.50. The van der Waals surface area contributed by atoms with E-state index in [2.05, 4.69) is 6.58 Å². The SMILES string of the molecule is C=Cc1ccc(OC(C)=O)c(C(C)=O)c1. The zero-order chi connectivity index (χ0) is 11.4. The third kappa shape index (κ3) is 2.77. The average molecular weight is 204 g/mol. The summed E-state index contributed by atoms with van der Waals surface area (Å²) in [6, 6.07) is 4.97. The van der Waals surface area contributed by atoms with Crippen molar-refractivity contribution in [3.8, 4) is 5.75 Å². The Morgan fingerprint density at radius 3 is 2.47 bits per heavy atom. The van der Waals surface area contributed by atoms with Crippen LogP contribution in [0.4, 0.5) is 0 Å². The molecule has 0 aliphatic heterocycles. The zero-order valence-corrected chi connectivity index (χ0v) is 8.74. The van der Waals surface area contributed by atoms with Gasteiger partial charge in [-0.05, 0) is 24.6 Å². The number of hydrogen-bond donors (Lipinski definition) is 0. The van der Waals surface area contributed by atoms with Crippen molar-refractivity contribution in [3.63, 3.8) is 0 Å². The van der Waals surface area contributed by atoms with Crippen LogP contribution in [0.15, 0.2) is 24.8 Å². The van der Waals surface area contributed by atoms with Crippen molar-refractivity contribution in [2.75, 3.05) is 0 Å². The summed E-state index contributed by atoms with van der Waals surface area (Å²) < 4.78 is 4.91. The van der Waals surface area contributed by atoms with Crippen LogP contribution in [0.1, 0.15) is 29.8 Å².